The summed E-state index contributed by atoms with van der Waals surface area (Å²) in [5, 5.41) is 17.2. The molecule has 1 aliphatic carbocycles. The highest BCUT2D eigenvalue weighted by molar-refractivity contribution is 7.81. The number of unbranched alkanes of at least 4 members (excludes halogenated alkanes) is 2. The zero-order valence-corrected chi connectivity index (χ0v) is 21.0. The van der Waals surface area contributed by atoms with E-state index in [2.05, 4.69) is 24.1 Å². The highest BCUT2D eigenvalue weighted by Gasteiger charge is 2.31. The van der Waals surface area contributed by atoms with E-state index in [0.29, 0.717) is 12.0 Å². The van der Waals surface area contributed by atoms with Crippen molar-refractivity contribution < 1.29 is 22.3 Å². The molecular weight excluding hydrogens is 440 g/mol. The van der Waals surface area contributed by atoms with Crippen LogP contribution in [0.4, 0.5) is 0 Å². The fourth-order valence-electron chi connectivity index (χ4n) is 4.42. The van der Waals surface area contributed by atoms with Crippen molar-refractivity contribution in [1.29, 1.82) is 0 Å². The Balaban J connectivity index is 0.000000554. The molecule has 0 amide bonds. The monoisotopic (exact) mass is 480 g/mol. The summed E-state index contributed by atoms with van der Waals surface area (Å²) in [4.78, 5) is 0. The number of rotatable bonds is 8. The Kier molecular flexibility index (Phi) is 10.9. The maximum Gasteiger partial charge on any atom is 0.446 e. The fourth-order valence-corrected chi connectivity index (χ4v) is 4.78. The van der Waals surface area contributed by atoms with E-state index in [1.807, 2.05) is 19.9 Å². The number of allylic oxidation sites excluding steroid dienone is 3. The molecule has 1 heterocycles. The summed E-state index contributed by atoms with van der Waals surface area (Å²) >= 11 is 0. The van der Waals surface area contributed by atoms with Crippen LogP contribution in [-0.4, -0.2) is 44.3 Å². The molecule has 0 aromatic heterocycles. The van der Waals surface area contributed by atoms with E-state index in [1.165, 1.54) is 5.57 Å². The fraction of sp³-hybridized carbons (Fsp3) is 0.600. The zero-order chi connectivity index (χ0) is 24.4. The number of benzene rings is 1. The smallest absolute Gasteiger partial charge is 0.446 e. The second-order valence-corrected chi connectivity index (χ2v) is 10.0. The van der Waals surface area contributed by atoms with Gasteiger partial charge in [-0.15, -0.1) is 0 Å². The zero-order valence-electron chi connectivity index (χ0n) is 20.2. The van der Waals surface area contributed by atoms with Crippen LogP contribution < -0.4 is 14.8 Å². The molecule has 8 heteroatoms. The molecule has 1 aliphatic heterocycles. The minimum Gasteiger partial charge on any atom is -0.507 e. The van der Waals surface area contributed by atoms with Crippen LogP contribution in [0.15, 0.2) is 35.9 Å². The van der Waals surface area contributed by atoms with Crippen molar-refractivity contribution >= 4 is 10.4 Å². The van der Waals surface area contributed by atoms with Gasteiger partial charge in [-0.05, 0) is 63.1 Å². The predicted octanol–water partition coefficient (Wildman–Crippen LogP) is 4.50. The molecule has 1 saturated heterocycles. The van der Waals surface area contributed by atoms with Crippen molar-refractivity contribution in [3.8, 4) is 11.5 Å². The molecule has 0 unspecified atom stereocenters. The Morgan fingerprint density at radius 2 is 1.82 bits per heavy atom. The van der Waals surface area contributed by atoms with Crippen LogP contribution in [0.5, 0.6) is 11.5 Å². The van der Waals surface area contributed by atoms with Crippen LogP contribution in [0, 0.1) is 5.92 Å². The van der Waals surface area contributed by atoms with Gasteiger partial charge in [-0.3, -0.25) is 4.55 Å². The summed E-state index contributed by atoms with van der Waals surface area (Å²) in [5.41, 5.74) is 3.31. The molecule has 33 heavy (non-hydrogen) atoms. The standard InChI is InChI=1S/C21H30O5S.C4H10N2/c1-5-6-7-8-16-12-19(22)21(20(13-16)26-27(23,24)25)18-11-15(4)9-10-17(18)14(2)3;1-2-6-4-3-5-1/h11-13,17-18,22H,2,5-10H2,1,3-4H3,(H,23,24,25);5-6H,1-4H2/t17-,18+;/m0./s1. The number of nitrogens with one attached hydrogen (secondary N) is 2. The molecule has 1 aromatic carbocycles. The molecule has 0 spiro atoms. The summed E-state index contributed by atoms with van der Waals surface area (Å²) in [5.74, 6) is -0.206. The maximum absolute atomic E-state index is 11.4. The van der Waals surface area contributed by atoms with Crippen LogP contribution in [0.25, 0.3) is 0 Å². The number of aryl methyl sites for hydroxylation is 1. The minimum absolute atomic E-state index is 0.00815. The van der Waals surface area contributed by atoms with E-state index in [1.54, 1.807) is 12.1 Å². The average Bonchev–Trinajstić information content (AvgIpc) is 2.74. The molecule has 0 radical (unpaired) electrons. The van der Waals surface area contributed by atoms with Gasteiger partial charge < -0.3 is 19.9 Å². The first kappa shape index (κ1) is 27.4. The lowest BCUT2D eigenvalue weighted by molar-refractivity contribution is 0.376. The van der Waals surface area contributed by atoms with Crippen LogP contribution in [-0.2, 0) is 16.8 Å². The SMILES string of the molecule is C1CNCCN1.C=C(C)[C@@H]1CCC(C)=C[C@H]1c1c(O)cc(CCCCC)cc1OS(=O)(=O)O. The van der Waals surface area contributed by atoms with E-state index in [-0.39, 0.29) is 23.3 Å². The second-order valence-electron chi connectivity index (χ2n) is 9.03. The summed E-state index contributed by atoms with van der Waals surface area (Å²) in [6, 6.07) is 3.29. The van der Waals surface area contributed by atoms with Crippen molar-refractivity contribution in [1.82, 2.24) is 10.6 Å². The molecule has 0 bridgehead atoms. The van der Waals surface area contributed by atoms with Gasteiger partial charge in [0.15, 0.2) is 5.75 Å². The molecule has 1 aromatic rings. The molecule has 7 nitrogen and oxygen atoms in total. The lowest BCUT2D eigenvalue weighted by Gasteiger charge is -2.32. The topological polar surface area (TPSA) is 108 Å². The van der Waals surface area contributed by atoms with Gasteiger partial charge in [0.25, 0.3) is 0 Å². The third-order valence-corrected chi connectivity index (χ3v) is 6.50. The lowest BCUT2D eigenvalue weighted by Crippen LogP contribution is -2.39. The molecule has 3 rings (SSSR count). The van der Waals surface area contributed by atoms with Crippen LogP contribution in [0.1, 0.15) is 69.9 Å². The first-order valence-electron chi connectivity index (χ1n) is 11.9. The molecule has 1 fully saturated rings. The van der Waals surface area contributed by atoms with Gasteiger partial charge in [-0.2, -0.15) is 8.42 Å². The van der Waals surface area contributed by atoms with Crippen LogP contribution in [0.3, 0.4) is 0 Å². The van der Waals surface area contributed by atoms with Crippen molar-refractivity contribution in [3.63, 3.8) is 0 Å². The molecule has 186 valence electrons. The Bertz CT molecular complexity index is 911. The summed E-state index contributed by atoms with van der Waals surface area (Å²) in [6.07, 6.45) is 7.56. The van der Waals surface area contributed by atoms with Crippen molar-refractivity contribution in [2.24, 2.45) is 5.92 Å². The lowest BCUT2D eigenvalue weighted by atomic mass is 9.73. The Morgan fingerprint density at radius 3 is 2.33 bits per heavy atom. The number of hydrogen-bond donors (Lipinski definition) is 4. The second kappa shape index (κ2) is 13.1. The molecule has 2 atom stereocenters. The molecule has 2 aliphatic rings. The Labute approximate surface area is 199 Å². The van der Waals surface area contributed by atoms with E-state index in [9.17, 15) is 18.1 Å². The van der Waals surface area contributed by atoms with Gasteiger partial charge in [0, 0.05) is 37.7 Å². The highest BCUT2D eigenvalue weighted by atomic mass is 32.3. The Morgan fingerprint density at radius 1 is 1.18 bits per heavy atom. The van der Waals surface area contributed by atoms with E-state index >= 15 is 0 Å². The average molecular weight is 481 g/mol. The van der Waals surface area contributed by atoms with E-state index in [0.717, 1.165) is 69.4 Å². The van der Waals surface area contributed by atoms with E-state index < -0.39 is 10.4 Å². The van der Waals surface area contributed by atoms with Gasteiger partial charge in [0.2, 0.25) is 0 Å². The summed E-state index contributed by atoms with van der Waals surface area (Å²) < 4.78 is 37.0. The number of aromatic hydroxyl groups is 1. The van der Waals surface area contributed by atoms with Crippen molar-refractivity contribution in [2.75, 3.05) is 26.2 Å². The number of piperazine rings is 1. The predicted molar refractivity (Wildman–Crippen MR) is 133 cm³/mol. The van der Waals surface area contributed by atoms with Gasteiger partial charge in [-0.25, -0.2) is 0 Å². The van der Waals surface area contributed by atoms with Gasteiger partial charge >= 0.3 is 10.4 Å². The van der Waals surface area contributed by atoms with Crippen molar-refractivity contribution in [2.45, 2.75) is 65.2 Å². The third-order valence-electron chi connectivity index (χ3n) is 6.11. The first-order valence-corrected chi connectivity index (χ1v) is 13.3. The van der Waals surface area contributed by atoms with Crippen LogP contribution in [0.2, 0.25) is 0 Å². The number of phenolic OH excluding ortho intramolecular Hbond substituents is 1. The molecular formula is C25H40N2O5S. The number of phenols is 1. The first-order chi connectivity index (χ1) is 15.6. The summed E-state index contributed by atoms with van der Waals surface area (Å²) in [7, 11) is -4.70. The summed E-state index contributed by atoms with van der Waals surface area (Å²) in [6.45, 7) is 14.7. The molecule has 0 saturated carbocycles. The van der Waals surface area contributed by atoms with Gasteiger partial charge in [0.1, 0.15) is 5.75 Å². The van der Waals surface area contributed by atoms with Gasteiger partial charge in [-0.1, -0.05) is 43.6 Å². The van der Waals surface area contributed by atoms with Crippen molar-refractivity contribution in [3.05, 3.63) is 47.1 Å². The number of hydrogen-bond acceptors (Lipinski definition) is 6. The van der Waals surface area contributed by atoms with Crippen LogP contribution >= 0.6 is 0 Å². The minimum atomic E-state index is -4.70. The van der Waals surface area contributed by atoms with Gasteiger partial charge in [0.05, 0.1) is 0 Å². The third kappa shape index (κ3) is 9.12. The van der Waals surface area contributed by atoms with E-state index in [4.69, 9.17) is 4.18 Å². The maximum atomic E-state index is 11.4. The molecule has 4 N–H and O–H groups in total. The Hall–Kier alpha value is -1.87. The highest BCUT2D eigenvalue weighted by Crippen LogP contribution is 2.47. The largest absolute Gasteiger partial charge is 0.507 e. The normalized spacial score (nSPS) is 20.9. The quantitative estimate of drug-likeness (QED) is 0.246.